The van der Waals surface area contributed by atoms with Crippen LogP contribution in [0, 0.1) is 19.8 Å². The topological polar surface area (TPSA) is 66.8 Å². The number of amides is 1. The predicted octanol–water partition coefficient (Wildman–Crippen LogP) is 2.01. The van der Waals surface area contributed by atoms with E-state index < -0.39 is 5.97 Å². The van der Waals surface area contributed by atoms with Crippen LogP contribution in [0.2, 0.25) is 0 Å². The van der Waals surface area contributed by atoms with Gasteiger partial charge >= 0.3 is 5.97 Å². The van der Waals surface area contributed by atoms with Gasteiger partial charge in [0.25, 0.3) is 0 Å². The fourth-order valence-electron chi connectivity index (χ4n) is 2.37. The summed E-state index contributed by atoms with van der Waals surface area (Å²) in [7, 11) is 0. The molecule has 0 unspecified atom stereocenters. The molecule has 1 aliphatic rings. The van der Waals surface area contributed by atoms with Crippen LogP contribution in [0.4, 0.5) is 0 Å². The number of carbonyl (C=O) groups is 2. The van der Waals surface area contributed by atoms with Crippen LogP contribution in [-0.2, 0) is 9.59 Å². The maximum absolute atomic E-state index is 11.9. The largest absolute Gasteiger partial charge is 0.493 e. The number of carbonyl (C=O) groups excluding carboxylic acids is 1. The first-order valence-corrected chi connectivity index (χ1v) is 7.15. The summed E-state index contributed by atoms with van der Waals surface area (Å²) < 4.78 is 5.58. The lowest BCUT2D eigenvalue weighted by atomic mass is 9.96. The Morgan fingerprint density at radius 1 is 1.29 bits per heavy atom. The Balaban J connectivity index is 1.68. The number of hydrogen-bond donors (Lipinski definition) is 1. The van der Waals surface area contributed by atoms with Crippen molar-refractivity contribution in [3.63, 3.8) is 0 Å². The van der Waals surface area contributed by atoms with Gasteiger partial charge in [-0.3, -0.25) is 9.59 Å². The van der Waals surface area contributed by atoms with Gasteiger partial charge in [-0.05, 0) is 37.1 Å². The van der Waals surface area contributed by atoms with Crippen molar-refractivity contribution >= 4 is 11.9 Å². The molecule has 114 valence electrons. The van der Waals surface area contributed by atoms with Gasteiger partial charge in [0.05, 0.1) is 19.4 Å². The summed E-state index contributed by atoms with van der Waals surface area (Å²) in [5.41, 5.74) is 2.38. The Morgan fingerprint density at radius 3 is 2.62 bits per heavy atom. The number of aliphatic carboxylic acids is 1. The molecule has 21 heavy (non-hydrogen) atoms. The lowest BCUT2D eigenvalue weighted by molar-refractivity contribution is -0.145. The lowest BCUT2D eigenvalue weighted by Crippen LogP contribution is -2.50. The highest BCUT2D eigenvalue weighted by Gasteiger charge is 2.31. The van der Waals surface area contributed by atoms with Crippen LogP contribution in [0.15, 0.2) is 18.2 Å². The number of likely N-dealkylation sites (tertiary alicyclic amines) is 1. The van der Waals surface area contributed by atoms with Crippen molar-refractivity contribution in [2.75, 3.05) is 19.7 Å². The monoisotopic (exact) mass is 291 g/mol. The van der Waals surface area contributed by atoms with Gasteiger partial charge in [-0.2, -0.15) is 0 Å². The normalized spacial score (nSPS) is 14.7. The smallest absolute Gasteiger partial charge is 0.303 e. The number of benzene rings is 1. The molecule has 0 saturated carbocycles. The summed E-state index contributed by atoms with van der Waals surface area (Å²) >= 11 is 0. The quantitative estimate of drug-likeness (QED) is 0.870. The van der Waals surface area contributed by atoms with E-state index >= 15 is 0 Å². The van der Waals surface area contributed by atoms with Crippen LogP contribution >= 0.6 is 0 Å². The van der Waals surface area contributed by atoms with Crippen molar-refractivity contribution in [1.82, 2.24) is 4.90 Å². The number of ether oxygens (including phenoxy) is 1. The van der Waals surface area contributed by atoms with E-state index in [0.29, 0.717) is 26.1 Å². The van der Waals surface area contributed by atoms with Crippen LogP contribution in [0.1, 0.15) is 24.0 Å². The fraction of sp³-hybridized carbons (Fsp3) is 0.500. The van der Waals surface area contributed by atoms with Crippen molar-refractivity contribution < 1.29 is 19.4 Å². The second-order valence-corrected chi connectivity index (χ2v) is 5.61. The highest BCUT2D eigenvalue weighted by Crippen LogP contribution is 2.20. The number of rotatable bonds is 6. The molecule has 1 aliphatic heterocycles. The van der Waals surface area contributed by atoms with E-state index in [4.69, 9.17) is 9.84 Å². The molecule has 1 heterocycles. The minimum atomic E-state index is -0.801. The molecule has 0 bridgehead atoms. The molecule has 1 N–H and O–H groups in total. The molecule has 1 aromatic rings. The van der Waals surface area contributed by atoms with E-state index in [1.807, 2.05) is 32.0 Å². The van der Waals surface area contributed by atoms with Crippen LogP contribution in [0.5, 0.6) is 5.75 Å². The molecular weight excluding hydrogens is 270 g/mol. The molecule has 1 amide bonds. The Labute approximate surface area is 124 Å². The van der Waals surface area contributed by atoms with Gasteiger partial charge < -0.3 is 14.7 Å². The average molecular weight is 291 g/mol. The van der Waals surface area contributed by atoms with Crippen molar-refractivity contribution in [3.8, 4) is 5.75 Å². The van der Waals surface area contributed by atoms with Crippen molar-refractivity contribution in [2.45, 2.75) is 26.7 Å². The Bertz CT molecular complexity index is 535. The summed E-state index contributed by atoms with van der Waals surface area (Å²) in [6, 6.07) is 5.87. The van der Waals surface area contributed by atoms with E-state index in [0.717, 1.165) is 11.3 Å². The molecule has 0 aliphatic carbocycles. The zero-order chi connectivity index (χ0) is 15.4. The molecular formula is C16H21NO4. The zero-order valence-electron chi connectivity index (χ0n) is 12.5. The van der Waals surface area contributed by atoms with Gasteiger partial charge in [0, 0.05) is 19.0 Å². The molecule has 1 saturated heterocycles. The molecule has 2 rings (SSSR count). The Kier molecular flexibility index (Phi) is 4.83. The predicted molar refractivity (Wildman–Crippen MR) is 78.4 cm³/mol. The third-order valence-electron chi connectivity index (χ3n) is 3.84. The number of aryl methyl sites for hydroxylation is 2. The number of hydrogen-bond acceptors (Lipinski definition) is 3. The second-order valence-electron chi connectivity index (χ2n) is 5.61. The highest BCUT2D eigenvalue weighted by molar-refractivity contribution is 5.77. The lowest BCUT2D eigenvalue weighted by Gasteiger charge is -2.38. The minimum Gasteiger partial charge on any atom is -0.493 e. The Hall–Kier alpha value is -2.04. The fourth-order valence-corrected chi connectivity index (χ4v) is 2.37. The average Bonchev–Trinajstić information content (AvgIpc) is 2.37. The van der Waals surface area contributed by atoms with E-state index in [9.17, 15) is 9.59 Å². The van der Waals surface area contributed by atoms with E-state index in [1.54, 1.807) is 4.90 Å². The van der Waals surface area contributed by atoms with Crippen molar-refractivity contribution in [1.29, 1.82) is 0 Å². The molecule has 0 atom stereocenters. The summed E-state index contributed by atoms with van der Waals surface area (Å²) in [5.74, 6) is 0.107. The van der Waals surface area contributed by atoms with E-state index in [-0.39, 0.29) is 18.2 Å². The van der Waals surface area contributed by atoms with Crippen LogP contribution in [0.25, 0.3) is 0 Å². The highest BCUT2D eigenvalue weighted by atomic mass is 16.5. The summed E-state index contributed by atoms with van der Waals surface area (Å²) in [5, 5.41) is 8.66. The molecule has 0 radical (unpaired) electrons. The first-order chi connectivity index (χ1) is 9.95. The van der Waals surface area contributed by atoms with Gasteiger partial charge in [-0.1, -0.05) is 6.07 Å². The van der Waals surface area contributed by atoms with Gasteiger partial charge in [0.15, 0.2) is 0 Å². The number of nitrogens with zero attached hydrogens (tertiary/aromatic N) is 1. The molecule has 0 spiro atoms. The van der Waals surface area contributed by atoms with Crippen LogP contribution in [-0.4, -0.2) is 41.6 Å². The standard InChI is InChI=1S/C16H21NO4/c1-11-3-4-14(7-12(11)2)21-6-5-15(18)17-9-13(10-17)8-16(19)20/h3-4,7,13H,5-6,8-10H2,1-2H3,(H,19,20). The second kappa shape index (κ2) is 6.61. The third-order valence-corrected chi connectivity index (χ3v) is 3.84. The minimum absolute atomic E-state index is 0.0282. The summed E-state index contributed by atoms with van der Waals surface area (Å²) in [4.78, 5) is 24.1. The van der Waals surface area contributed by atoms with E-state index in [2.05, 4.69) is 0 Å². The maximum Gasteiger partial charge on any atom is 0.303 e. The maximum atomic E-state index is 11.9. The van der Waals surface area contributed by atoms with Gasteiger partial charge in [-0.15, -0.1) is 0 Å². The SMILES string of the molecule is Cc1ccc(OCCC(=O)N2CC(CC(=O)O)C2)cc1C. The first kappa shape index (κ1) is 15.4. The van der Waals surface area contributed by atoms with Gasteiger partial charge in [-0.25, -0.2) is 0 Å². The Morgan fingerprint density at radius 2 is 2.00 bits per heavy atom. The number of carboxylic acids is 1. The molecule has 5 nitrogen and oxygen atoms in total. The van der Waals surface area contributed by atoms with Crippen LogP contribution < -0.4 is 4.74 Å². The number of carboxylic acid groups (broad SMARTS) is 1. The van der Waals surface area contributed by atoms with E-state index in [1.165, 1.54) is 5.56 Å². The van der Waals surface area contributed by atoms with Crippen LogP contribution in [0.3, 0.4) is 0 Å². The summed E-state index contributed by atoms with van der Waals surface area (Å²) in [6.07, 6.45) is 0.468. The molecule has 5 heteroatoms. The molecule has 1 aromatic carbocycles. The van der Waals surface area contributed by atoms with Gasteiger partial charge in [0.2, 0.25) is 5.91 Å². The first-order valence-electron chi connectivity index (χ1n) is 7.15. The van der Waals surface area contributed by atoms with Crippen molar-refractivity contribution in [2.24, 2.45) is 5.92 Å². The third kappa shape index (κ3) is 4.21. The summed E-state index contributed by atoms with van der Waals surface area (Å²) in [6.45, 7) is 5.51. The van der Waals surface area contributed by atoms with Crippen molar-refractivity contribution in [3.05, 3.63) is 29.3 Å². The van der Waals surface area contributed by atoms with Gasteiger partial charge in [0.1, 0.15) is 5.75 Å². The molecule has 0 aromatic heterocycles. The molecule has 1 fully saturated rings. The zero-order valence-corrected chi connectivity index (χ0v) is 12.5.